The Labute approximate surface area is 123 Å². The molecule has 0 spiro atoms. The molecule has 2 rings (SSSR count). The van der Waals surface area contributed by atoms with Gasteiger partial charge in [-0.3, -0.25) is 0 Å². The van der Waals surface area contributed by atoms with Crippen molar-refractivity contribution in [3.8, 4) is 11.5 Å². The number of hydrogen-bond acceptors (Lipinski definition) is 2. The zero-order valence-electron chi connectivity index (χ0n) is 9.98. The van der Waals surface area contributed by atoms with Crippen LogP contribution in [0.25, 0.3) is 0 Å². The minimum atomic E-state index is -1.03. The van der Waals surface area contributed by atoms with Gasteiger partial charge in [-0.05, 0) is 48.9 Å². The summed E-state index contributed by atoms with van der Waals surface area (Å²) in [5.74, 6) is -0.175. The molecular weight excluding hydrogens is 332 g/mol. The summed E-state index contributed by atoms with van der Waals surface area (Å²) in [6.45, 7) is 1.85. The van der Waals surface area contributed by atoms with E-state index in [-0.39, 0.29) is 11.3 Å². The van der Waals surface area contributed by atoms with Crippen molar-refractivity contribution in [1.82, 2.24) is 0 Å². The van der Waals surface area contributed by atoms with Gasteiger partial charge >= 0.3 is 5.97 Å². The van der Waals surface area contributed by atoms with Crippen LogP contribution in [0.3, 0.4) is 0 Å². The van der Waals surface area contributed by atoms with Crippen molar-refractivity contribution in [3.63, 3.8) is 0 Å². The van der Waals surface area contributed by atoms with Gasteiger partial charge in [0.15, 0.2) is 0 Å². The lowest BCUT2D eigenvalue weighted by Crippen LogP contribution is -2.00. The van der Waals surface area contributed by atoms with Gasteiger partial charge in [0, 0.05) is 9.50 Å². The van der Waals surface area contributed by atoms with E-state index in [2.05, 4.69) is 15.9 Å². The van der Waals surface area contributed by atoms with Gasteiger partial charge < -0.3 is 9.84 Å². The molecule has 0 aliphatic rings. The summed E-state index contributed by atoms with van der Waals surface area (Å²) in [5, 5.41) is 9.74. The van der Waals surface area contributed by atoms with E-state index in [0.29, 0.717) is 10.8 Å². The second-order valence-electron chi connectivity index (χ2n) is 3.96. The number of hydrogen-bond donors (Lipinski definition) is 1. The molecule has 2 aromatic carbocycles. The fourth-order valence-electron chi connectivity index (χ4n) is 1.60. The van der Waals surface area contributed by atoms with Gasteiger partial charge in [0.25, 0.3) is 0 Å². The highest BCUT2D eigenvalue weighted by atomic mass is 79.9. The summed E-state index contributed by atoms with van der Waals surface area (Å²) in [7, 11) is 0. The van der Waals surface area contributed by atoms with E-state index in [1.54, 1.807) is 30.3 Å². The summed E-state index contributed by atoms with van der Waals surface area (Å²) in [4.78, 5) is 11.1. The van der Waals surface area contributed by atoms with Crippen LogP contribution in [0.1, 0.15) is 15.9 Å². The van der Waals surface area contributed by atoms with Gasteiger partial charge in [-0.25, -0.2) is 4.79 Å². The average Bonchev–Trinajstić information content (AvgIpc) is 2.32. The van der Waals surface area contributed by atoms with E-state index in [1.165, 1.54) is 6.07 Å². The second kappa shape index (κ2) is 5.63. The second-order valence-corrected chi connectivity index (χ2v) is 5.31. The van der Waals surface area contributed by atoms with Gasteiger partial charge in [-0.2, -0.15) is 0 Å². The molecule has 0 saturated heterocycles. The van der Waals surface area contributed by atoms with Crippen molar-refractivity contribution in [2.24, 2.45) is 0 Å². The normalized spacial score (nSPS) is 10.3. The standard InChI is InChI=1S/C14H10BrClO3/c1-8-6-10(16)3-5-12(8)19-13-7-9(15)2-4-11(13)14(17)18/h2-7H,1H3,(H,17,18). The van der Waals surface area contributed by atoms with Gasteiger partial charge in [-0.1, -0.05) is 27.5 Å². The number of aromatic carboxylic acids is 1. The van der Waals surface area contributed by atoms with Gasteiger partial charge in [0.05, 0.1) is 0 Å². The van der Waals surface area contributed by atoms with Crippen molar-refractivity contribution in [3.05, 3.63) is 57.0 Å². The van der Waals surface area contributed by atoms with Crippen molar-refractivity contribution in [2.45, 2.75) is 6.92 Å². The van der Waals surface area contributed by atoms with E-state index >= 15 is 0 Å². The first-order valence-corrected chi connectivity index (χ1v) is 6.61. The van der Waals surface area contributed by atoms with Crippen molar-refractivity contribution < 1.29 is 14.6 Å². The van der Waals surface area contributed by atoms with E-state index in [4.69, 9.17) is 21.4 Å². The average molecular weight is 342 g/mol. The van der Waals surface area contributed by atoms with E-state index in [9.17, 15) is 4.79 Å². The van der Waals surface area contributed by atoms with Crippen LogP contribution < -0.4 is 4.74 Å². The molecule has 0 aliphatic carbocycles. The van der Waals surface area contributed by atoms with Crippen LogP contribution in [0.15, 0.2) is 40.9 Å². The number of rotatable bonds is 3. The third-order valence-corrected chi connectivity index (χ3v) is 3.26. The zero-order valence-corrected chi connectivity index (χ0v) is 12.3. The topological polar surface area (TPSA) is 46.5 Å². The highest BCUT2D eigenvalue weighted by molar-refractivity contribution is 9.10. The molecule has 0 aromatic heterocycles. The molecular formula is C14H10BrClO3. The van der Waals surface area contributed by atoms with Gasteiger partial charge in [0.2, 0.25) is 0 Å². The molecule has 0 atom stereocenters. The number of aryl methyl sites for hydroxylation is 1. The maximum absolute atomic E-state index is 11.1. The Balaban J connectivity index is 2.42. The first-order valence-electron chi connectivity index (χ1n) is 5.44. The highest BCUT2D eigenvalue weighted by Gasteiger charge is 2.13. The minimum absolute atomic E-state index is 0.109. The molecule has 0 heterocycles. The van der Waals surface area contributed by atoms with Crippen LogP contribution in [-0.4, -0.2) is 11.1 Å². The minimum Gasteiger partial charge on any atom is -0.478 e. The lowest BCUT2D eigenvalue weighted by molar-refractivity contribution is 0.0694. The molecule has 19 heavy (non-hydrogen) atoms. The van der Waals surface area contributed by atoms with Crippen molar-refractivity contribution >= 4 is 33.5 Å². The first kappa shape index (κ1) is 13.9. The molecule has 0 unspecified atom stereocenters. The quantitative estimate of drug-likeness (QED) is 0.863. The first-order chi connectivity index (χ1) is 8.97. The Bertz CT molecular complexity index is 641. The molecule has 5 heteroatoms. The molecule has 0 amide bonds. The van der Waals surface area contributed by atoms with E-state index < -0.39 is 5.97 Å². The van der Waals surface area contributed by atoms with Crippen molar-refractivity contribution in [2.75, 3.05) is 0 Å². The summed E-state index contributed by atoms with van der Waals surface area (Å²) in [6.07, 6.45) is 0. The Morgan fingerprint density at radius 1 is 1.21 bits per heavy atom. The number of carboxylic acid groups (broad SMARTS) is 1. The Morgan fingerprint density at radius 3 is 2.58 bits per heavy atom. The maximum Gasteiger partial charge on any atom is 0.339 e. The monoisotopic (exact) mass is 340 g/mol. The molecule has 0 saturated carbocycles. The third-order valence-electron chi connectivity index (χ3n) is 2.53. The molecule has 2 aromatic rings. The fourth-order valence-corrected chi connectivity index (χ4v) is 2.17. The maximum atomic E-state index is 11.1. The lowest BCUT2D eigenvalue weighted by Gasteiger charge is -2.11. The molecule has 0 radical (unpaired) electrons. The van der Waals surface area contributed by atoms with Crippen LogP contribution >= 0.6 is 27.5 Å². The summed E-state index contributed by atoms with van der Waals surface area (Å²) < 4.78 is 6.42. The Hall–Kier alpha value is -1.52. The lowest BCUT2D eigenvalue weighted by atomic mass is 10.2. The van der Waals surface area contributed by atoms with Crippen LogP contribution in [-0.2, 0) is 0 Å². The number of ether oxygens (including phenoxy) is 1. The van der Waals surface area contributed by atoms with E-state index in [0.717, 1.165) is 10.0 Å². The van der Waals surface area contributed by atoms with Gasteiger partial charge in [0.1, 0.15) is 17.1 Å². The molecule has 0 aliphatic heterocycles. The predicted octanol–water partition coefficient (Wildman–Crippen LogP) is 4.90. The van der Waals surface area contributed by atoms with Crippen LogP contribution in [0.5, 0.6) is 11.5 Å². The van der Waals surface area contributed by atoms with Crippen LogP contribution in [0.2, 0.25) is 5.02 Å². The molecule has 3 nitrogen and oxygen atoms in total. The molecule has 98 valence electrons. The number of benzene rings is 2. The van der Waals surface area contributed by atoms with Crippen LogP contribution in [0, 0.1) is 6.92 Å². The predicted molar refractivity (Wildman–Crippen MR) is 77.4 cm³/mol. The SMILES string of the molecule is Cc1cc(Cl)ccc1Oc1cc(Br)ccc1C(=O)O. The van der Waals surface area contributed by atoms with E-state index in [1.807, 2.05) is 6.92 Å². The fraction of sp³-hybridized carbons (Fsp3) is 0.0714. The summed E-state index contributed by atoms with van der Waals surface area (Å²) >= 11 is 9.16. The smallest absolute Gasteiger partial charge is 0.339 e. The summed E-state index contributed by atoms with van der Waals surface area (Å²) in [6, 6.07) is 9.94. The Morgan fingerprint density at radius 2 is 1.95 bits per heavy atom. The van der Waals surface area contributed by atoms with Gasteiger partial charge in [-0.15, -0.1) is 0 Å². The Kier molecular flexibility index (Phi) is 4.12. The number of carboxylic acids is 1. The number of halogens is 2. The summed E-state index contributed by atoms with van der Waals surface area (Å²) in [5.41, 5.74) is 0.946. The highest BCUT2D eigenvalue weighted by Crippen LogP contribution is 2.31. The zero-order chi connectivity index (χ0) is 14.0. The molecule has 0 fully saturated rings. The van der Waals surface area contributed by atoms with Crippen molar-refractivity contribution in [1.29, 1.82) is 0 Å². The third kappa shape index (κ3) is 3.28. The molecule has 1 N–H and O–H groups in total. The molecule has 0 bridgehead atoms. The number of carbonyl (C=O) groups is 1. The largest absolute Gasteiger partial charge is 0.478 e. The van der Waals surface area contributed by atoms with Crippen LogP contribution in [0.4, 0.5) is 0 Å².